The SMILES string of the molecule is C.C.C.CN(Cc1cccnc1)C(=O)c1ccc(CC2CC[C@H]([C@H](O)c3ccc(C(N)=O)nc3)C2)cc1.CNCc1cccnc1.[C-]#[N+]c1ccc([C@@H](C)[C@H]2CCC(Cc3ccc(C(=O)N(C)Cc4cccnc4)cc3)C2)cn1.[C-]#[N+]c1ccc([C@@H](C)[C@H]2CCC(Cc3ccc(C(=O)O)cc3)C2)cn1.[H-].[K+]. The average Bonchev–Trinajstić information content (AvgIpc) is 1.63. The van der Waals surface area contributed by atoms with Gasteiger partial charge in [0.05, 0.1) is 11.7 Å². The maximum Gasteiger partial charge on any atom is 1.00 e. The Balaban J connectivity index is 0.000000312. The summed E-state index contributed by atoms with van der Waals surface area (Å²) in [5.41, 5.74) is 17.3. The zero-order valence-corrected chi connectivity index (χ0v) is 62.6. The van der Waals surface area contributed by atoms with Crippen molar-refractivity contribution in [1.29, 1.82) is 0 Å². The van der Waals surface area contributed by atoms with Crippen LogP contribution in [-0.2, 0) is 38.9 Å². The first kappa shape index (κ1) is 86.6. The van der Waals surface area contributed by atoms with Gasteiger partial charge in [-0.1, -0.05) is 122 Å². The fourth-order valence-corrected chi connectivity index (χ4v) is 14.3. The van der Waals surface area contributed by atoms with E-state index in [2.05, 4.69) is 77.0 Å². The summed E-state index contributed by atoms with van der Waals surface area (Å²) in [6.07, 6.45) is 28.5. The van der Waals surface area contributed by atoms with Crippen LogP contribution in [0, 0.1) is 48.7 Å². The van der Waals surface area contributed by atoms with Gasteiger partial charge in [-0.25, -0.2) is 4.79 Å². The number of nitrogens with two attached hydrogens (primary N) is 1. The van der Waals surface area contributed by atoms with Crippen molar-refractivity contribution in [2.75, 3.05) is 21.1 Å². The van der Waals surface area contributed by atoms with E-state index in [1.807, 2.05) is 130 Å². The van der Waals surface area contributed by atoms with E-state index in [0.29, 0.717) is 82.8 Å². The van der Waals surface area contributed by atoms with Crippen LogP contribution in [0.25, 0.3) is 9.69 Å². The zero-order valence-electron chi connectivity index (χ0n) is 60.4. The second kappa shape index (κ2) is 44.1. The van der Waals surface area contributed by atoms with Gasteiger partial charge < -0.3 is 42.2 Å². The summed E-state index contributed by atoms with van der Waals surface area (Å²) in [5.74, 6) is 3.63. The number of pyridine rings is 6. The number of hydrogen-bond acceptors (Lipinski definition) is 12. The smallest absolute Gasteiger partial charge is 1.00 e. The van der Waals surface area contributed by atoms with Crippen molar-refractivity contribution in [3.63, 3.8) is 0 Å². The molecule has 5 N–H and O–H groups in total. The number of nitrogens with zero attached hydrogens (tertiary/aromatic N) is 10. The topological polar surface area (TPSA) is 239 Å². The predicted octanol–water partition coefficient (Wildman–Crippen LogP) is 14.5. The molecule has 0 radical (unpaired) electrons. The molecule has 18 nitrogen and oxygen atoms in total. The normalized spacial score (nSPS) is 17.5. The van der Waals surface area contributed by atoms with Crippen LogP contribution in [0.4, 0.5) is 11.6 Å². The molecule has 9 aromatic rings. The molecule has 3 fully saturated rings. The van der Waals surface area contributed by atoms with Crippen LogP contribution in [0.1, 0.15) is 205 Å². The van der Waals surface area contributed by atoms with Gasteiger partial charge in [0, 0.05) is 88.2 Å². The van der Waals surface area contributed by atoms with E-state index >= 15 is 0 Å². The number of hydrogen-bond donors (Lipinski definition) is 4. The minimum atomic E-state index is -0.876. The minimum absolute atomic E-state index is 0. The molecule has 0 spiro atoms. The number of nitrogens with one attached hydrogen (secondary N) is 1. The van der Waals surface area contributed by atoms with Gasteiger partial charge in [0.1, 0.15) is 18.1 Å². The summed E-state index contributed by atoms with van der Waals surface area (Å²) in [4.78, 5) is 82.5. The number of aromatic carboxylic acids is 1. The van der Waals surface area contributed by atoms with Gasteiger partial charge in [0.25, 0.3) is 29.4 Å². The molecule has 9 atom stereocenters. The number of carboxylic acid groups (broad SMARTS) is 1. The first-order valence-electron chi connectivity index (χ1n) is 34.9. The van der Waals surface area contributed by atoms with Gasteiger partial charge >= 0.3 is 57.4 Å². The van der Waals surface area contributed by atoms with Gasteiger partial charge in [-0.15, -0.1) is 9.97 Å². The second-order valence-corrected chi connectivity index (χ2v) is 27.2. The van der Waals surface area contributed by atoms with Crippen molar-refractivity contribution < 1.29 is 82.2 Å². The first-order valence-corrected chi connectivity index (χ1v) is 34.9. The number of carbonyl (C=O) groups is 4. The van der Waals surface area contributed by atoms with Gasteiger partial charge in [-0.3, -0.25) is 34.3 Å². The van der Waals surface area contributed by atoms with Gasteiger partial charge in [-0.2, -0.15) is 0 Å². The fourth-order valence-electron chi connectivity index (χ4n) is 14.3. The standard InChI is InChI=1S/C28H30N4O.C27H30N4O3.C21H22N2O2.C7H10N2.3CH4.K.H/c1-20(26-12-13-27(29-2)31-18-26)25-11-8-22(16-25)15-21-6-9-24(10-7-21)28(33)32(3)19-23-5-4-14-30-17-23;1-31(17-20-3-2-12-29-15-20)27(34)21-7-4-18(5-8-21)13-19-6-9-22(14-19)25(32)23-10-11-24(26(28)33)30-16-23;1-14(19-9-10-20(22-2)23-13-19)18-8-5-16(12-18)11-15-3-6-17(7-4-15)21(24)25;1-8-5-7-3-2-4-9-6-7;;;;;/h4-7,9-10,12-14,17-18,20,22,25H,8,11,15-16,19H2,1,3H3;2-5,7-8,10-12,15-16,19,22,25,32H,6,9,13-14,17H2,1H3,(H2,28,33);3-4,6-7,9-10,13-14,16,18H,5,8,11-12H2,1H3,(H,24,25);2-4,6,8H,5H2,1H3;3*1H4;;/q;;;;;;;+1;-1/t20-,22?,25-;19?,22-,25-;14-,16?,18-;;;;;;/m000....../s1. The molecule has 3 unspecified atom stereocenters. The van der Waals surface area contributed by atoms with E-state index in [4.69, 9.17) is 24.0 Å². The molecule has 3 aromatic carbocycles. The Morgan fingerprint density at radius 2 is 0.876 bits per heavy atom. The molecule has 105 heavy (non-hydrogen) atoms. The summed E-state index contributed by atoms with van der Waals surface area (Å²) >= 11 is 0. The summed E-state index contributed by atoms with van der Waals surface area (Å²) in [5, 5.41) is 22.8. The largest absolute Gasteiger partial charge is 1.00 e. The quantitative estimate of drug-likeness (QED) is 0.0365. The molecule has 3 amide bonds. The van der Waals surface area contributed by atoms with E-state index in [1.54, 1.807) is 84.4 Å². The third-order valence-corrected chi connectivity index (χ3v) is 20.1. The van der Waals surface area contributed by atoms with Crippen LogP contribution in [-0.4, -0.2) is 94.8 Å². The van der Waals surface area contributed by atoms with Crippen molar-refractivity contribution in [3.8, 4) is 0 Å². The van der Waals surface area contributed by atoms with E-state index in [0.717, 1.165) is 61.8 Å². The molecule has 0 aliphatic heterocycles. The minimum Gasteiger partial charge on any atom is -1.00 e. The molecule has 6 aromatic heterocycles. The maximum atomic E-state index is 12.8. The van der Waals surface area contributed by atoms with Crippen LogP contribution < -0.4 is 62.4 Å². The van der Waals surface area contributed by atoms with Crippen molar-refractivity contribution >= 4 is 35.3 Å². The number of primary amides is 1. The van der Waals surface area contributed by atoms with Crippen molar-refractivity contribution in [2.24, 2.45) is 41.2 Å². The third-order valence-electron chi connectivity index (χ3n) is 20.1. The van der Waals surface area contributed by atoms with Crippen LogP contribution in [0.15, 0.2) is 201 Å². The Bertz CT molecular complexity index is 4180. The molecule has 3 aliphatic rings. The Labute approximate surface area is 666 Å². The Morgan fingerprint density at radius 1 is 0.505 bits per heavy atom. The van der Waals surface area contributed by atoms with E-state index in [1.165, 1.54) is 71.9 Å². The number of amides is 3. The molecule has 19 heteroatoms. The van der Waals surface area contributed by atoms with Crippen LogP contribution >= 0.6 is 0 Å². The zero-order chi connectivity index (χ0) is 71.6. The number of carbonyl (C=O) groups excluding carboxylic acids is 3. The molecule has 3 aliphatic carbocycles. The molecule has 6 heterocycles. The molecule has 12 rings (SSSR count). The number of aliphatic hydroxyl groups is 1. The summed E-state index contributed by atoms with van der Waals surface area (Å²) in [6, 6.07) is 45.9. The second-order valence-electron chi connectivity index (χ2n) is 27.2. The molecular weight excluding hydrogens is 1340 g/mol. The maximum absolute atomic E-state index is 12.8. The number of rotatable bonds is 22. The predicted molar refractivity (Wildman–Crippen MR) is 414 cm³/mol. The van der Waals surface area contributed by atoms with Gasteiger partial charge in [0.2, 0.25) is 0 Å². The number of aromatic nitrogens is 6. The van der Waals surface area contributed by atoms with E-state index in [9.17, 15) is 24.3 Å². The van der Waals surface area contributed by atoms with Crippen molar-refractivity contribution in [3.05, 3.63) is 297 Å². The number of carboxylic acids is 1. The van der Waals surface area contributed by atoms with Gasteiger partial charge in [0.15, 0.2) is 0 Å². The average molecular weight is 1440 g/mol. The Kier molecular flexibility index (Phi) is 36.3. The number of aliphatic hydroxyl groups excluding tert-OH is 1. The monoisotopic (exact) mass is 1440 g/mol. The molecule has 0 bridgehead atoms. The Morgan fingerprint density at radius 3 is 1.21 bits per heavy atom. The Hall–Kier alpha value is -9.02. The van der Waals surface area contributed by atoms with Crippen LogP contribution in [0.5, 0.6) is 0 Å². The van der Waals surface area contributed by atoms with Crippen molar-refractivity contribution in [2.45, 2.75) is 151 Å². The summed E-state index contributed by atoms with van der Waals surface area (Å²) in [7, 11) is 5.55. The molecule has 0 saturated heterocycles. The van der Waals surface area contributed by atoms with E-state index in [-0.39, 0.29) is 98.5 Å². The molecule has 546 valence electrons. The van der Waals surface area contributed by atoms with Crippen molar-refractivity contribution in [1.82, 2.24) is 45.0 Å². The van der Waals surface area contributed by atoms with Gasteiger partial charge in [-0.05, 0) is 254 Å². The summed E-state index contributed by atoms with van der Waals surface area (Å²) < 4.78 is 0. The summed E-state index contributed by atoms with van der Waals surface area (Å²) in [6.45, 7) is 20.5. The third kappa shape index (κ3) is 26.2. The molecular formula is C86H105KN12O6. The van der Waals surface area contributed by atoms with E-state index < -0.39 is 18.0 Å². The first-order chi connectivity index (χ1) is 48.9. The molecule has 3 saturated carbocycles. The number of benzene rings is 3. The fraction of sp³-hybridized carbons (Fsp3) is 0.372. The van der Waals surface area contributed by atoms with Crippen LogP contribution in [0.2, 0.25) is 0 Å². The van der Waals surface area contributed by atoms with Crippen LogP contribution in [0.3, 0.4) is 0 Å².